The maximum absolute atomic E-state index is 14.1. The fourth-order valence-electron chi connectivity index (χ4n) is 3.19. The van der Waals surface area contributed by atoms with Gasteiger partial charge in [-0.15, -0.1) is 11.3 Å². The molecule has 2 aromatic carbocycles. The Morgan fingerprint density at radius 3 is 2.52 bits per heavy atom. The molecule has 0 unspecified atom stereocenters. The highest BCUT2D eigenvalue weighted by atomic mass is 32.1. The largest absolute Gasteiger partial charge is 0.332 e. The van der Waals surface area contributed by atoms with Crippen molar-refractivity contribution in [3.05, 3.63) is 97.8 Å². The summed E-state index contributed by atoms with van der Waals surface area (Å²) in [6.45, 7) is -0.570. The minimum absolute atomic E-state index is 0.200. The molecule has 4 rings (SSSR count). The predicted molar refractivity (Wildman–Crippen MR) is 116 cm³/mol. The molecule has 154 valence electrons. The van der Waals surface area contributed by atoms with Gasteiger partial charge in [-0.25, -0.2) is 9.18 Å². The number of thiophene rings is 1. The first-order valence-corrected chi connectivity index (χ1v) is 10.1. The van der Waals surface area contributed by atoms with Crippen LogP contribution in [0.4, 0.5) is 10.1 Å². The quantitative estimate of drug-likeness (QED) is 0.522. The van der Waals surface area contributed by atoms with Crippen LogP contribution in [-0.4, -0.2) is 15.0 Å². The molecule has 0 saturated carbocycles. The second-order valence-corrected chi connectivity index (χ2v) is 7.64. The van der Waals surface area contributed by atoms with Crippen LogP contribution in [0.25, 0.3) is 10.2 Å². The molecule has 0 bridgehead atoms. The fourth-order valence-corrected chi connectivity index (χ4v) is 4.04. The summed E-state index contributed by atoms with van der Waals surface area (Å²) in [7, 11) is 0. The topological polar surface area (TPSA) is 96.9 Å². The van der Waals surface area contributed by atoms with E-state index in [9.17, 15) is 18.8 Å². The number of nitriles is 1. The first-order valence-electron chi connectivity index (χ1n) is 9.22. The van der Waals surface area contributed by atoms with E-state index in [0.717, 1.165) is 15.9 Å². The number of hydrogen-bond acceptors (Lipinski definition) is 5. The highest BCUT2D eigenvalue weighted by Crippen LogP contribution is 2.16. The average Bonchev–Trinajstić information content (AvgIpc) is 3.26. The van der Waals surface area contributed by atoms with Gasteiger partial charge in [0.15, 0.2) is 0 Å². The van der Waals surface area contributed by atoms with Crippen LogP contribution < -0.4 is 16.6 Å². The summed E-state index contributed by atoms with van der Waals surface area (Å²) in [5.41, 5.74) is 0.245. The van der Waals surface area contributed by atoms with E-state index in [2.05, 4.69) is 5.32 Å². The van der Waals surface area contributed by atoms with Gasteiger partial charge in [0.05, 0.1) is 23.7 Å². The lowest BCUT2D eigenvalue weighted by Gasteiger charge is -2.13. The van der Waals surface area contributed by atoms with Crippen molar-refractivity contribution >= 4 is 33.1 Å². The third-order valence-corrected chi connectivity index (χ3v) is 5.61. The molecule has 0 aliphatic heterocycles. The van der Waals surface area contributed by atoms with Crippen LogP contribution in [0, 0.1) is 17.1 Å². The smallest absolute Gasteiger partial charge is 0.325 e. The van der Waals surface area contributed by atoms with Crippen molar-refractivity contribution in [1.82, 2.24) is 9.13 Å². The number of amides is 1. The summed E-state index contributed by atoms with van der Waals surface area (Å²) in [6.07, 6.45) is 0. The lowest BCUT2D eigenvalue weighted by molar-refractivity contribution is -0.116. The zero-order chi connectivity index (χ0) is 22.0. The first-order chi connectivity index (χ1) is 15.0. The van der Waals surface area contributed by atoms with E-state index < -0.39 is 23.0 Å². The Hall–Kier alpha value is -4.03. The number of carbonyl (C=O) groups is 1. The predicted octanol–water partition coefficient (Wildman–Crippen LogP) is 2.92. The van der Waals surface area contributed by atoms with Crippen molar-refractivity contribution in [2.75, 3.05) is 5.32 Å². The Kier molecular flexibility index (Phi) is 5.47. The van der Waals surface area contributed by atoms with Gasteiger partial charge in [-0.05, 0) is 41.8 Å². The molecule has 0 atom stereocenters. The molecule has 0 aliphatic rings. The van der Waals surface area contributed by atoms with Crippen LogP contribution >= 0.6 is 11.3 Å². The van der Waals surface area contributed by atoms with Gasteiger partial charge in [-0.1, -0.05) is 18.2 Å². The summed E-state index contributed by atoms with van der Waals surface area (Å²) < 4.78 is 16.5. The number of hydrogen-bond donors (Lipinski definition) is 1. The number of fused-ring (bicyclic) bond motifs is 1. The molecule has 2 heterocycles. The summed E-state index contributed by atoms with van der Waals surface area (Å²) >= 11 is 1.15. The third kappa shape index (κ3) is 4.01. The van der Waals surface area contributed by atoms with E-state index >= 15 is 0 Å². The van der Waals surface area contributed by atoms with Gasteiger partial charge in [0.2, 0.25) is 5.91 Å². The first kappa shape index (κ1) is 20.3. The number of anilines is 1. The fraction of sp³-hybridized carbons (Fsp3) is 0.0909. The molecule has 9 heteroatoms. The minimum Gasteiger partial charge on any atom is -0.325 e. The lowest BCUT2D eigenvalue weighted by atomic mass is 10.2. The van der Waals surface area contributed by atoms with Gasteiger partial charge in [0.25, 0.3) is 5.56 Å². The Morgan fingerprint density at radius 2 is 1.81 bits per heavy atom. The number of carbonyl (C=O) groups excluding carboxylic acids is 1. The van der Waals surface area contributed by atoms with Gasteiger partial charge in [-0.2, -0.15) is 5.26 Å². The van der Waals surface area contributed by atoms with E-state index in [-0.39, 0.29) is 18.7 Å². The maximum Gasteiger partial charge on any atom is 0.332 e. The van der Waals surface area contributed by atoms with Crippen LogP contribution in [-0.2, 0) is 17.9 Å². The van der Waals surface area contributed by atoms with E-state index in [1.165, 1.54) is 22.8 Å². The second kappa shape index (κ2) is 8.38. The number of rotatable bonds is 5. The minimum atomic E-state index is -0.700. The van der Waals surface area contributed by atoms with Gasteiger partial charge >= 0.3 is 5.69 Å². The highest BCUT2D eigenvalue weighted by molar-refractivity contribution is 7.17. The zero-order valence-electron chi connectivity index (χ0n) is 16.0. The van der Waals surface area contributed by atoms with Crippen LogP contribution in [0.5, 0.6) is 0 Å². The molecule has 0 fully saturated rings. The van der Waals surface area contributed by atoms with E-state index in [0.29, 0.717) is 21.5 Å². The second-order valence-electron chi connectivity index (χ2n) is 6.72. The molecule has 2 aromatic heterocycles. The van der Waals surface area contributed by atoms with Gasteiger partial charge in [0, 0.05) is 11.3 Å². The molecule has 1 amide bonds. The number of aromatic nitrogens is 2. The van der Waals surface area contributed by atoms with Crippen molar-refractivity contribution in [2.24, 2.45) is 0 Å². The maximum atomic E-state index is 14.1. The van der Waals surface area contributed by atoms with Crippen LogP contribution in [0.1, 0.15) is 11.1 Å². The van der Waals surface area contributed by atoms with E-state index in [1.807, 2.05) is 6.07 Å². The molecular formula is C22H15FN4O3S. The normalized spacial score (nSPS) is 10.7. The SMILES string of the molecule is N#Cc1ccc(NC(=O)Cn2c(=O)n(Cc3ccccc3F)c(=O)c3sccc32)cc1. The molecule has 0 radical (unpaired) electrons. The molecule has 0 saturated heterocycles. The van der Waals surface area contributed by atoms with E-state index in [1.54, 1.807) is 41.8 Å². The van der Waals surface area contributed by atoms with Crippen LogP contribution in [0.15, 0.2) is 69.6 Å². The summed E-state index contributed by atoms with van der Waals surface area (Å²) in [6, 6.07) is 15.8. The monoisotopic (exact) mass is 434 g/mol. The number of nitrogens with zero attached hydrogens (tertiary/aromatic N) is 3. The summed E-state index contributed by atoms with van der Waals surface area (Å²) in [5, 5.41) is 13.2. The summed E-state index contributed by atoms with van der Waals surface area (Å²) in [5.74, 6) is -0.999. The van der Waals surface area contributed by atoms with E-state index in [4.69, 9.17) is 5.26 Å². The Morgan fingerprint density at radius 1 is 1.06 bits per heavy atom. The van der Waals surface area contributed by atoms with Crippen LogP contribution in [0.2, 0.25) is 0 Å². The molecule has 31 heavy (non-hydrogen) atoms. The van der Waals surface area contributed by atoms with Gasteiger partial charge in [-0.3, -0.25) is 18.7 Å². The Balaban J connectivity index is 1.70. The summed E-state index contributed by atoms with van der Waals surface area (Å²) in [4.78, 5) is 38.5. The number of nitrogens with one attached hydrogen (secondary N) is 1. The molecule has 4 aromatic rings. The molecular weight excluding hydrogens is 419 g/mol. The zero-order valence-corrected chi connectivity index (χ0v) is 16.9. The van der Waals surface area contributed by atoms with Crippen molar-refractivity contribution in [3.8, 4) is 6.07 Å². The van der Waals surface area contributed by atoms with Crippen molar-refractivity contribution in [2.45, 2.75) is 13.1 Å². The lowest BCUT2D eigenvalue weighted by Crippen LogP contribution is -2.41. The van der Waals surface area contributed by atoms with Gasteiger partial charge in [0.1, 0.15) is 17.1 Å². The Labute approximate surface area is 179 Å². The van der Waals surface area contributed by atoms with Crippen molar-refractivity contribution in [3.63, 3.8) is 0 Å². The average molecular weight is 434 g/mol. The Bertz CT molecular complexity index is 1440. The molecule has 1 N–H and O–H groups in total. The van der Waals surface area contributed by atoms with Gasteiger partial charge < -0.3 is 5.32 Å². The van der Waals surface area contributed by atoms with Crippen molar-refractivity contribution < 1.29 is 9.18 Å². The molecule has 7 nitrogen and oxygen atoms in total. The molecule has 0 spiro atoms. The van der Waals surface area contributed by atoms with Crippen molar-refractivity contribution in [1.29, 1.82) is 5.26 Å². The highest BCUT2D eigenvalue weighted by Gasteiger charge is 2.17. The standard InChI is InChI=1S/C22H15FN4O3S/c23-17-4-2-1-3-15(17)12-27-21(29)20-18(9-10-31-20)26(22(27)30)13-19(28)25-16-7-5-14(11-24)6-8-16/h1-10H,12-13H2,(H,25,28). The number of halogens is 1. The molecule has 0 aliphatic carbocycles. The number of benzene rings is 2. The third-order valence-electron chi connectivity index (χ3n) is 4.72. The van der Waals surface area contributed by atoms with Crippen LogP contribution in [0.3, 0.4) is 0 Å².